The molecule has 19 heavy (non-hydrogen) atoms. The molecule has 0 radical (unpaired) electrons. The SMILES string of the molecule is O=[N+]([O-])c1ccc(CCC(O)C2CCCC2)c(Br)c1. The van der Waals surface area contributed by atoms with Crippen molar-refractivity contribution in [3.63, 3.8) is 0 Å². The average Bonchev–Trinajstić information content (AvgIpc) is 2.90. The van der Waals surface area contributed by atoms with Crippen molar-refractivity contribution in [1.29, 1.82) is 0 Å². The maximum atomic E-state index is 10.6. The van der Waals surface area contributed by atoms with Gasteiger partial charge in [0.15, 0.2) is 0 Å². The molecule has 4 nitrogen and oxygen atoms in total. The fraction of sp³-hybridized carbons (Fsp3) is 0.571. The molecule has 104 valence electrons. The molecular weight excluding hydrogens is 310 g/mol. The fourth-order valence-corrected chi connectivity index (χ4v) is 3.30. The third kappa shape index (κ3) is 3.76. The Hall–Kier alpha value is -0.940. The Morgan fingerprint density at radius 1 is 1.42 bits per heavy atom. The van der Waals surface area contributed by atoms with Gasteiger partial charge in [-0.3, -0.25) is 10.1 Å². The van der Waals surface area contributed by atoms with Crippen LogP contribution >= 0.6 is 15.9 Å². The van der Waals surface area contributed by atoms with Crippen LogP contribution in [0.4, 0.5) is 5.69 Å². The Labute approximate surface area is 121 Å². The number of aryl methyl sites for hydroxylation is 1. The number of non-ortho nitro benzene ring substituents is 1. The number of rotatable bonds is 5. The summed E-state index contributed by atoms with van der Waals surface area (Å²) in [5.74, 6) is 0.442. The van der Waals surface area contributed by atoms with E-state index in [0.717, 1.165) is 35.7 Å². The Morgan fingerprint density at radius 2 is 2.11 bits per heavy atom. The maximum absolute atomic E-state index is 10.6. The van der Waals surface area contributed by atoms with Crippen molar-refractivity contribution >= 4 is 21.6 Å². The first-order valence-corrected chi connectivity index (χ1v) is 7.48. The smallest absolute Gasteiger partial charge is 0.270 e. The zero-order valence-electron chi connectivity index (χ0n) is 10.7. The predicted molar refractivity (Wildman–Crippen MR) is 77.1 cm³/mol. The second-order valence-corrected chi connectivity index (χ2v) is 6.04. The van der Waals surface area contributed by atoms with Gasteiger partial charge in [0.1, 0.15) is 0 Å². The normalized spacial score (nSPS) is 17.6. The zero-order valence-corrected chi connectivity index (χ0v) is 12.3. The number of nitro groups is 1. The van der Waals surface area contributed by atoms with E-state index in [0.29, 0.717) is 5.92 Å². The maximum Gasteiger partial charge on any atom is 0.270 e. The summed E-state index contributed by atoms with van der Waals surface area (Å²) in [5, 5.41) is 20.8. The number of benzene rings is 1. The molecule has 2 rings (SSSR count). The number of hydrogen-bond donors (Lipinski definition) is 1. The van der Waals surface area contributed by atoms with Crippen molar-refractivity contribution in [3.05, 3.63) is 38.3 Å². The number of aliphatic hydroxyl groups excluding tert-OH is 1. The first kappa shape index (κ1) is 14.5. The lowest BCUT2D eigenvalue weighted by atomic mass is 9.95. The molecule has 0 bridgehead atoms. The number of nitrogens with zero attached hydrogens (tertiary/aromatic N) is 1. The van der Waals surface area contributed by atoms with E-state index in [4.69, 9.17) is 0 Å². The number of hydrogen-bond acceptors (Lipinski definition) is 3. The highest BCUT2D eigenvalue weighted by Crippen LogP contribution is 2.30. The molecule has 1 aromatic carbocycles. The lowest BCUT2D eigenvalue weighted by Gasteiger charge is -2.17. The van der Waals surface area contributed by atoms with Crippen LogP contribution in [0.5, 0.6) is 0 Å². The summed E-state index contributed by atoms with van der Waals surface area (Å²) in [7, 11) is 0. The summed E-state index contributed by atoms with van der Waals surface area (Å²) in [6, 6.07) is 4.81. The van der Waals surface area contributed by atoms with Gasteiger partial charge in [0, 0.05) is 16.6 Å². The van der Waals surface area contributed by atoms with E-state index in [-0.39, 0.29) is 11.8 Å². The van der Waals surface area contributed by atoms with Gasteiger partial charge in [-0.2, -0.15) is 0 Å². The molecular formula is C14H18BrNO3. The minimum absolute atomic E-state index is 0.0898. The second kappa shape index (κ2) is 6.48. The van der Waals surface area contributed by atoms with Crippen LogP contribution in [0, 0.1) is 16.0 Å². The molecule has 0 amide bonds. The Balaban J connectivity index is 1.93. The summed E-state index contributed by atoms with van der Waals surface area (Å²) in [4.78, 5) is 10.2. The van der Waals surface area contributed by atoms with E-state index in [1.54, 1.807) is 6.07 Å². The molecule has 5 heteroatoms. The minimum Gasteiger partial charge on any atom is -0.393 e. The average molecular weight is 328 g/mol. The highest BCUT2D eigenvalue weighted by molar-refractivity contribution is 9.10. The molecule has 1 N–H and O–H groups in total. The van der Waals surface area contributed by atoms with Gasteiger partial charge in [0.05, 0.1) is 11.0 Å². The highest BCUT2D eigenvalue weighted by atomic mass is 79.9. The molecule has 1 aliphatic carbocycles. The third-order valence-corrected chi connectivity index (χ3v) is 4.64. The van der Waals surface area contributed by atoms with Crippen LogP contribution in [0.25, 0.3) is 0 Å². The number of halogens is 1. The van der Waals surface area contributed by atoms with Crippen LogP contribution in [0.2, 0.25) is 0 Å². The van der Waals surface area contributed by atoms with Crippen LogP contribution in [-0.4, -0.2) is 16.1 Å². The van der Waals surface area contributed by atoms with Crippen molar-refractivity contribution in [2.24, 2.45) is 5.92 Å². The van der Waals surface area contributed by atoms with Gasteiger partial charge in [-0.15, -0.1) is 0 Å². The molecule has 0 aromatic heterocycles. The van der Waals surface area contributed by atoms with Gasteiger partial charge >= 0.3 is 0 Å². The summed E-state index contributed by atoms with van der Waals surface area (Å²) >= 11 is 3.36. The molecule has 1 aliphatic rings. The summed E-state index contributed by atoms with van der Waals surface area (Å²) in [5.41, 5.74) is 1.11. The fourth-order valence-electron chi connectivity index (χ4n) is 2.73. The monoisotopic (exact) mass is 327 g/mol. The zero-order chi connectivity index (χ0) is 13.8. The molecule has 1 aromatic rings. The van der Waals surface area contributed by atoms with E-state index >= 15 is 0 Å². The van der Waals surface area contributed by atoms with Crippen LogP contribution in [0.15, 0.2) is 22.7 Å². The van der Waals surface area contributed by atoms with Crippen molar-refractivity contribution in [2.45, 2.75) is 44.6 Å². The molecule has 1 fully saturated rings. The van der Waals surface area contributed by atoms with Crippen LogP contribution < -0.4 is 0 Å². The van der Waals surface area contributed by atoms with Gasteiger partial charge in [-0.1, -0.05) is 34.8 Å². The number of aliphatic hydroxyl groups is 1. The topological polar surface area (TPSA) is 63.4 Å². The molecule has 0 saturated heterocycles. The third-order valence-electron chi connectivity index (χ3n) is 3.90. The molecule has 0 heterocycles. The lowest BCUT2D eigenvalue weighted by Crippen LogP contribution is -2.18. The molecule has 1 saturated carbocycles. The van der Waals surface area contributed by atoms with Crippen LogP contribution in [-0.2, 0) is 6.42 Å². The molecule has 0 spiro atoms. The second-order valence-electron chi connectivity index (χ2n) is 5.18. The predicted octanol–water partition coefficient (Wildman–Crippen LogP) is 3.84. The van der Waals surface area contributed by atoms with E-state index in [2.05, 4.69) is 15.9 Å². The summed E-state index contributed by atoms with van der Waals surface area (Å²) < 4.78 is 0.750. The van der Waals surface area contributed by atoms with Crippen molar-refractivity contribution in [1.82, 2.24) is 0 Å². The van der Waals surface area contributed by atoms with Crippen LogP contribution in [0.3, 0.4) is 0 Å². The standard InChI is InChI=1S/C14H18BrNO3/c15-13-9-12(16(18)19)7-5-10(13)6-8-14(17)11-3-1-2-4-11/h5,7,9,11,14,17H,1-4,6,8H2. The summed E-state index contributed by atoms with van der Waals surface area (Å²) in [6.45, 7) is 0. The first-order valence-electron chi connectivity index (χ1n) is 6.69. The molecule has 0 aliphatic heterocycles. The van der Waals surface area contributed by atoms with Crippen molar-refractivity contribution in [2.75, 3.05) is 0 Å². The first-order chi connectivity index (χ1) is 9.08. The van der Waals surface area contributed by atoms with E-state index in [1.807, 2.05) is 0 Å². The van der Waals surface area contributed by atoms with Gasteiger partial charge in [0.2, 0.25) is 0 Å². The largest absolute Gasteiger partial charge is 0.393 e. The van der Waals surface area contributed by atoms with Gasteiger partial charge in [-0.05, 0) is 37.2 Å². The summed E-state index contributed by atoms with van der Waals surface area (Å²) in [6.07, 6.45) is 5.93. The van der Waals surface area contributed by atoms with Gasteiger partial charge in [-0.25, -0.2) is 0 Å². The van der Waals surface area contributed by atoms with Crippen molar-refractivity contribution in [3.8, 4) is 0 Å². The minimum atomic E-state index is -0.401. The Bertz CT molecular complexity index is 458. The molecule has 1 atom stereocenters. The quantitative estimate of drug-likeness (QED) is 0.660. The van der Waals surface area contributed by atoms with E-state index < -0.39 is 4.92 Å². The Kier molecular flexibility index (Phi) is 4.93. The highest BCUT2D eigenvalue weighted by Gasteiger charge is 2.23. The number of nitro benzene ring substituents is 1. The van der Waals surface area contributed by atoms with Crippen molar-refractivity contribution < 1.29 is 10.0 Å². The van der Waals surface area contributed by atoms with E-state index in [9.17, 15) is 15.2 Å². The van der Waals surface area contributed by atoms with Crippen LogP contribution in [0.1, 0.15) is 37.7 Å². The Morgan fingerprint density at radius 3 is 2.68 bits per heavy atom. The van der Waals surface area contributed by atoms with E-state index in [1.165, 1.54) is 25.0 Å². The van der Waals surface area contributed by atoms with Gasteiger partial charge < -0.3 is 5.11 Å². The molecule has 1 unspecified atom stereocenters. The van der Waals surface area contributed by atoms with Gasteiger partial charge in [0.25, 0.3) is 5.69 Å². The lowest BCUT2D eigenvalue weighted by molar-refractivity contribution is -0.384.